The number of hydrogen-bond donors (Lipinski definition) is 2. The smallest absolute Gasteiger partial charge is 0.191 e. The minimum atomic E-state index is -2.97. The second-order valence-electron chi connectivity index (χ2n) is 6.60. The lowest BCUT2D eigenvalue weighted by Crippen LogP contribution is -2.49. The highest BCUT2D eigenvalue weighted by Crippen LogP contribution is 2.17. The van der Waals surface area contributed by atoms with Crippen molar-refractivity contribution in [2.45, 2.75) is 25.8 Å². The third-order valence-corrected chi connectivity index (χ3v) is 5.17. The standard InChI is InChI=1S/C18H31N5O3S.HI/c1-3-19-18(21-10-13-26-14-15-27(2,24)25)22-16-7-11-23(12-8-16)17-6-4-5-9-20-17;/h4-6,9,16H,3,7-8,10-15H2,1-2H3,(H2,19,21,22);1H. The molecule has 1 aliphatic rings. The van der Waals surface area contributed by atoms with Gasteiger partial charge >= 0.3 is 0 Å². The number of sulfone groups is 1. The van der Waals surface area contributed by atoms with Crippen molar-refractivity contribution in [3.05, 3.63) is 24.4 Å². The van der Waals surface area contributed by atoms with E-state index in [0.717, 1.165) is 44.3 Å². The average Bonchev–Trinajstić information content (AvgIpc) is 2.65. The van der Waals surface area contributed by atoms with E-state index in [4.69, 9.17) is 4.74 Å². The molecule has 0 unspecified atom stereocenters. The van der Waals surface area contributed by atoms with Crippen molar-refractivity contribution < 1.29 is 13.2 Å². The number of ether oxygens (including phenoxy) is 1. The van der Waals surface area contributed by atoms with Crippen LogP contribution in [0, 0.1) is 0 Å². The number of aliphatic imine (C=N–C) groups is 1. The molecule has 0 radical (unpaired) electrons. The summed E-state index contributed by atoms with van der Waals surface area (Å²) < 4.78 is 27.5. The molecule has 28 heavy (non-hydrogen) atoms. The van der Waals surface area contributed by atoms with Crippen LogP contribution in [0.4, 0.5) is 5.82 Å². The van der Waals surface area contributed by atoms with E-state index in [1.165, 1.54) is 6.26 Å². The Morgan fingerprint density at radius 1 is 1.32 bits per heavy atom. The van der Waals surface area contributed by atoms with E-state index >= 15 is 0 Å². The summed E-state index contributed by atoms with van der Waals surface area (Å²) in [4.78, 5) is 11.2. The molecule has 1 aromatic rings. The molecule has 2 rings (SSSR count). The first kappa shape index (κ1) is 24.9. The molecule has 1 saturated heterocycles. The second-order valence-corrected chi connectivity index (χ2v) is 8.86. The predicted molar refractivity (Wildman–Crippen MR) is 125 cm³/mol. The van der Waals surface area contributed by atoms with Gasteiger partial charge in [0.1, 0.15) is 15.7 Å². The molecule has 2 heterocycles. The molecule has 1 aliphatic heterocycles. The molecule has 0 amide bonds. The minimum Gasteiger partial charge on any atom is -0.378 e. The maximum absolute atomic E-state index is 11.1. The summed E-state index contributed by atoms with van der Waals surface area (Å²) in [6.45, 7) is 5.85. The highest BCUT2D eigenvalue weighted by atomic mass is 127. The Labute approximate surface area is 185 Å². The zero-order valence-corrected chi connectivity index (χ0v) is 19.8. The molecule has 0 atom stereocenters. The lowest BCUT2D eigenvalue weighted by atomic mass is 10.1. The molecule has 1 fully saturated rings. The SMILES string of the molecule is CCNC(=NCCOCCS(C)(=O)=O)NC1CCN(c2ccccn2)CC1.I. The summed E-state index contributed by atoms with van der Waals surface area (Å²) in [7, 11) is -2.97. The summed E-state index contributed by atoms with van der Waals surface area (Å²) in [5, 5.41) is 6.73. The first-order valence-electron chi connectivity index (χ1n) is 9.44. The van der Waals surface area contributed by atoms with E-state index in [1.807, 2.05) is 31.3 Å². The van der Waals surface area contributed by atoms with Crippen molar-refractivity contribution in [2.75, 3.05) is 56.3 Å². The van der Waals surface area contributed by atoms with Crippen LogP contribution in [0.3, 0.4) is 0 Å². The fourth-order valence-electron chi connectivity index (χ4n) is 2.84. The summed E-state index contributed by atoms with van der Waals surface area (Å²) in [5.41, 5.74) is 0. The van der Waals surface area contributed by atoms with Crippen molar-refractivity contribution >= 4 is 45.6 Å². The van der Waals surface area contributed by atoms with Crippen LogP contribution in [0.15, 0.2) is 29.4 Å². The van der Waals surface area contributed by atoms with Gasteiger partial charge in [0, 0.05) is 38.1 Å². The Hall–Kier alpha value is -1.14. The molecule has 0 aromatic carbocycles. The van der Waals surface area contributed by atoms with Crippen molar-refractivity contribution in [2.24, 2.45) is 4.99 Å². The first-order valence-corrected chi connectivity index (χ1v) is 11.5. The number of anilines is 1. The molecule has 2 N–H and O–H groups in total. The van der Waals surface area contributed by atoms with Gasteiger partial charge in [-0.15, -0.1) is 24.0 Å². The fourth-order valence-corrected chi connectivity index (χ4v) is 3.26. The van der Waals surface area contributed by atoms with E-state index in [1.54, 1.807) is 0 Å². The van der Waals surface area contributed by atoms with E-state index < -0.39 is 9.84 Å². The first-order chi connectivity index (χ1) is 13.0. The summed E-state index contributed by atoms with van der Waals surface area (Å²) in [6.07, 6.45) is 5.08. The van der Waals surface area contributed by atoms with Crippen molar-refractivity contribution in [1.29, 1.82) is 0 Å². The maximum atomic E-state index is 11.1. The second kappa shape index (κ2) is 13.2. The summed E-state index contributed by atoms with van der Waals surface area (Å²) >= 11 is 0. The zero-order valence-electron chi connectivity index (χ0n) is 16.6. The quantitative estimate of drug-likeness (QED) is 0.217. The number of halogens is 1. The molecule has 160 valence electrons. The summed E-state index contributed by atoms with van der Waals surface area (Å²) in [5.74, 6) is 1.85. The number of rotatable bonds is 9. The largest absolute Gasteiger partial charge is 0.378 e. The van der Waals surface area contributed by atoms with Gasteiger partial charge in [0.2, 0.25) is 0 Å². The highest BCUT2D eigenvalue weighted by Gasteiger charge is 2.20. The Morgan fingerprint density at radius 2 is 2.07 bits per heavy atom. The number of guanidine groups is 1. The average molecular weight is 525 g/mol. The van der Waals surface area contributed by atoms with Gasteiger partial charge in [0.05, 0.1) is 25.5 Å². The number of nitrogens with one attached hydrogen (secondary N) is 2. The molecule has 0 saturated carbocycles. The number of pyridine rings is 1. The van der Waals surface area contributed by atoms with Crippen LogP contribution < -0.4 is 15.5 Å². The van der Waals surface area contributed by atoms with E-state index in [9.17, 15) is 8.42 Å². The predicted octanol–water partition coefficient (Wildman–Crippen LogP) is 1.28. The molecule has 0 bridgehead atoms. The van der Waals surface area contributed by atoms with E-state index in [-0.39, 0.29) is 36.3 Å². The Kier molecular flexibility index (Phi) is 11.7. The van der Waals surface area contributed by atoms with Crippen molar-refractivity contribution in [3.8, 4) is 0 Å². The van der Waals surface area contributed by atoms with E-state index in [2.05, 4.69) is 25.5 Å². The van der Waals surface area contributed by atoms with E-state index in [0.29, 0.717) is 19.2 Å². The number of aromatic nitrogens is 1. The number of nitrogens with zero attached hydrogens (tertiary/aromatic N) is 3. The topological polar surface area (TPSA) is 95.9 Å². The van der Waals surface area contributed by atoms with Crippen LogP contribution in [0.2, 0.25) is 0 Å². The fraction of sp³-hybridized carbons (Fsp3) is 0.667. The molecule has 8 nitrogen and oxygen atoms in total. The van der Waals surface area contributed by atoms with Gasteiger partial charge in [-0.05, 0) is 31.9 Å². The Bertz CT molecular complexity index is 680. The number of piperidine rings is 1. The van der Waals surface area contributed by atoms with Gasteiger partial charge in [-0.3, -0.25) is 4.99 Å². The number of hydrogen-bond acceptors (Lipinski definition) is 6. The Balaban J connectivity index is 0.00000392. The van der Waals surface area contributed by atoms with Gasteiger partial charge in [-0.25, -0.2) is 13.4 Å². The molecule has 0 spiro atoms. The molecule has 1 aromatic heterocycles. The molecular formula is C18H32IN5O3S. The third kappa shape index (κ3) is 9.87. The molecule has 10 heteroatoms. The minimum absolute atomic E-state index is 0. The van der Waals surface area contributed by atoms with Crippen LogP contribution in [0.5, 0.6) is 0 Å². The monoisotopic (exact) mass is 525 g/mol. The normalized spacial score (nSPS) is 15.8. The lowest BCUT2D eigenvalue weighted by molar-refractivity contribution is 0.157. The maximum Gasteiger partial charge on any atom is 0.191 e. The lowest BCUT2D eigenvalue weighted by Gasteiger charge is -2.33. The van der Waals surface area contributed by atoms with Gasteiger partial charge in [-0.2, -0.15) is 0 Å². The molecular weight excluding hydrogens is 493 g/mol. The zero-order chi connectivity index (χ0) is 19.5. The van der Waals surface area contributed by atoms with Gasteiger partial charge < -0.3 is 20.3 Å². The van der Waals surface area contributed by atoms with Crippen molar-refractivity contribution in [1.82, 2.24) is 15.6 Å². The Morgan fingerprint density at radius 3 is 2.68 bits per heavy atom. The van der Waals surface area contributed by atoms with Gasteiger partial charge in [-0.1, -0.05) is 6.07 Å². The van der Waals surface area contributed by atoms with Crippen LogP contribution in [-0.4, -0.2) is 76.8 Å². The van der Waals surface area contributed by atoms with Crippen LogP contribution in [-0.2, 0) is 14.6 Å². The third-order valence-electron chi connectivity index (χ3n) is 4.26. The van der Waals surface area contributed by atoms with Crippen LogP contribution in [0.25, 0.3) is 0 Å². The molecule has 0 aliphatic carbocycles. The van der Waals surface area contributed by atoms with Gasteiger partial charge in [0.25, 0.3) is 0 Å². The summed E-state index contributed by atoms with van der Waals surface area (Å²) in [6, 6.07) is 6.36. The van der Waals surface area contributed by atoms with Crippen molar-refractivity contribution in [3.63, 3.8) is 0 Å². The van der Waals surface area contributed by atoms with Gasteiger partial charge in [0.15, 0.2) is 5.96 Å². The van der Waals surface area contributed by atoms with Crippen LogP contribution >= 0.6 is 24.0 Å². The van der Waals surface area contributed by atoms with Crippen LogP contribution in [0.1, 0.15) is 19.8 Å². The highest BCUT2D eigenvalue weighted by molar-refractivity contribution is 14.0.